The number of rotatable bonds is 3. The van der Waals surface area contributed by atoms with E-state index < -0.39 is 0 Å². The first-order valence-corrected chi connectivity index (χ1v) is 4.94. The Morgan fingerprint density at radius 3 is 2.50 bits per heavy atom. The van der Waals surface area contributed by atoms with E-state index >= 15 is 0 Å². The molecule has 0 aliphatic heterocycles. The quantitative estimate of drug-likeness (QED) is 0.383. The summed E-state index contributed by atoms with van der Waals surface area (Å²) in [5.41, 5.74) is 0. The van der Waals surface area contributed by atoms with E-state index in [1.165, 1.54) is 11.0 Å². The molecule has 0 aliphatic rings. The molecule has 6 heavy (non-hydrogen) atoms. The number of hydrogen-bond acceptors (Lipinski definition) is 3. The van der Waals surface area contributed by atoms with Gasteiger partial charge in [0.1, 0.15) is 0 Å². The van der Waals surface area contributed by atoms with Gasteiger partial charge in [-0.1, -0.05) is 0 Å². The fraction of sp³-hybridized carbons (Fsp3) is 1.00. The minimum atomic E-state index is 0.861. The van der Waals surface area contributed by atoms with Crippen molar-refractivity contribution >= 4 is 46.0 Å². The van der Waals surface area contributed by atoms with Gasteiger partial charge in [0.15, 0.2) is 0 Å². The SMILES string of the molecule is SCSCSCl. The van der Waals surface area contributed by atoms with Crippen LogP contribution in [0.15, 0.2) is 0 Å². The predicted octanol–water partition coefficient (Wildman–Crippen LogP) is 2.45. The highest BCUT2D eigenvalue weighted by Gasteiger charge is 1.77. The van der Waals surface area contributed by atoms with Crippen LogP contribution in [-0.2, 0) is 0 Å². The maximum Gasteiger partial charge on any atom is 0.0552 e. The zero-order valence-corrected chi connectivity index (χ0v) is 6.34. The van der Waals surface area contributed by atoms with Crippen molar-refractivity contribution in [3.8, 4) is 0 Å². The molecule has 0 aromatic carbocycles. The Morgan fingerprint density at radius 1 is 1.67 bits per heavy atom. The maximum absolute atomic E-state index is 5.24. The van der Waals surface area contributed by atoms with Crippen LogP contribution in [0.5, 0.6) is 0 Å². The molecule has 0 heterocycles. The molecule has 0 amide bonds. The summed E-state index contributed by atoms with van der Waals surface area (Å²) in [6.07, 6.45) is 0. The molecule has 0 saturated carbocycles. The zero-order valence-electron chi connectivity index (χ0n) is 3.06. The van der Waals surface area contributed by atoms with Crippen molar-refractivity contribution in [2.75, 3.05) is 10.2 Å². The molecule has 4 heteroatoms. The predicted molar refractivity (Wildman–Crippen MR) is 39.8 cm³/mol. The van der Waals surface area contributed by atoms with Crippen LogP contribution in [0.3, 0.4) is 0 Å². The van der Waals surface area contributed by atoms with Gasteiger partial charge in [-0.3, -0.25) is 0 Å². The minimum Gasteiger partial charge on any atom is -0.168 e. The molecular weight excluding hydrogens is 156 g/mol. The molecule has 0 N–H and O–H groups in total. The second-order valence-corrected chi connectivity index (χ2v) is 3.82. The second-order valence-electron chi connectivity index (χ2n) is 0.560. The average molecular weight is 161 g/mol. The van der Waals surface area contributed by atoms with Gasteiger partial charge in [0.25, 0.3) is 0 Å². The Morgan fingerprint density at radius 2 is 2.33 bits per heavy atom. The molecule has 0 atom stereocenters. The first-order valence-electron chi connectivity index (χ1n) is 1.34. The molecule has 0 aromatic heterocycles. The zero-order chi connectivity index (χ0) is 4.83. The molecule has 0 spiro atoms. The van der Waals surface area contributed by atoms with E-state index in [0.29, 0.717) is 0 Å². The standard InChI is InChI=1S/C2H5ClS3/c3-6-2-5-1-4/h4H,1-2H2. The third-order valence-electron chi connectivity index (χ3n) is 0.219. The fourth-order valence-corrected chi connectivity index (χ4v) is 1.86. The Hall–Kier alpha value is 1.34. The topological polar surface area (TPSA) is 0 Å². The van der Waals surface area contributed by atoms with Crippen LogP contribution in [0.25, 0.3) is 0 Å². The van der Waals surface area contributed by atoms with Gasteiger partial charge in [-0.15, -0.1) is 11.8 Å². The van der Waals surface area contributed by atoms with Gasteiger partial charge in [-0.05, 0) is 21.7 Å². The van der Waals surface area contributed by atoms with Crippen LogP contribution in [0, 0.1) is 0 Å². The number of thioether (sulfide) groups is 1. The van der Waals surface area contributed by atoms with Crippen LogP contribution < -0.4 is 0 Å². The lowest BCUT2D eigenvalue weighted by Crippen LogP contribution is -1.60. The van der Waals surface area contributed by atoms with Gasteiger partial charge < -0.3 is 0 Å². The van der Waals surface area contributed by atoms with Crippen LogP contribution in [0.2, 0.25) is 0 Å². The summed E-state index contributed by atoms with van der Waals surface area (Å²) in [6.45, 7) is 0. The van der Waals surface area contributed by atoms with Crippen molar-refractivity contribution in [1.82, 2.24) is 0 Å². The van der Waals surface area contributed by atoms with E-state index in [-0.39, 0.29) is 0 Å². The molecule has 0 radical (unpaired) electrons. The molecule has 38 valence electrons. The Kier molecular flexibility index (Phi) is 7.76. The van der Waals surface area contributed by atoms with Crippen LogP contribution in [0.4, 0.5) is 0 Å². The number of halogens is 1. The molecule has 0 nitrogen and oxygen atoms in total. The van der Waals surface area contributed by atoms with Gasteiger partial charge in [-0.2, -0.15) is 12.6 Å². The van der Waals surface area contributed by atoms with Crippen molar-refractivity contribution in [2.45, 2.75) is 0 Å². The van der Waals surface area contributed by atoms with E-state index in [4.69, 9.17) is 10.7 Å². The number of hydrogen-bond donors (Lipinski definition) is 1. The Balaban J connectivity index is 2.34. The molecule has 0 fully saturated rings. The van der Waals surface area contributed by atoms with Gasteiger partial charge in [-0.25, -0.2) is 0 Å². The van der Waals surface area contributed by atoms with Crippen LogP contribution in [-0.4, -0.2) is 10.2 Å². The highest BCUT2D eigenvalue weighted by molar-refractivity contribution is 8.30. The summed E-state index contributed by atoms with van der Waals surface area (Å²) in [4.78, 5) is 0. The third-order valence-corrected chi connectivity index (χ3v) is 2.77. The van der Waals surface area contributed by atoms with Crippen molar-refractivity contribution < 1.29 is 0 Å². The summed E-state index contributed by atoms with van der Waals surface area (Å²) >= 11 is 5.65. The molecule has 0 saturated heterocycles. The highest BCUT2D eigenvalue weighted by atomic mass is 35.7. The van der Waals surface area contributed by atoms with Crippen molar-refractivity contribution in [3.05, 3.63) is 0 Å². The molecule has 0 aliphatic carbocycles. The largest absolute Gasteiger partial charge is 0.168 e. The van der Waals surface area contributed by atoms with Gasteiger partial charge in [0.05, 0.1) is 5.08 Å². The van der Waals surface area contributed by atoms with Crippen molar-refractivity contribution in [3.63, 3.8) is 0 Å². The van der Waals surface area contributed by atoms with Crippen molar-refractivity contribution in [2.24, 2.45) is 0 Å². The lowest BCUT2D eigenvalue weighted by molar-refractivity contribution is 2.19. The maximum atomic E-state index is 5.24. The fourth-order valence-electron chi connectivity index (χ4n) is 0.0688. The van der Waals surface area contributed by atoms with Crippen molar-refractivity contribution in [1.29, 1.82) is 0 Å². The van der Waals surface area contributed by atoms with E-state index in [1.807, 2.05) is 0 Å². The Bertz CT molecular complexity index is 20.8. The second kappa shape index (κ2) is 6.34. The highest BCUT2D eigenvalue weighted by Crippen LogP contribution is 2.15. The summed E-state index contributed by atoms with van der Waals surface area (Å²) in [5, 5.41) is 1.80. The molecular formula is C2H5ClS3. The average Bonchev–Trinajstić information content (AvgIpc) is 1.61. The Labute approximate surface area is 56.3 Å². The minimum absolute atomic E-state index is 0.861. The third kappa shape index (κ3) is 5.34. The first-order chi connectivity index (χ1) is 2.91. The number of thiol groups is 1. The molecule has 0 bridgehead atoms. The van der Waals surface area contributed by atoms with E-state index in [1.54, 1.807) is 11.8 Å². The molecule has 0 unspecified atom stereocenters. The monoisotopic (exact) mass is 160 g/mol. The smallest absolute Gasteiger partial charge is 0.0552 e. The van der Waals surface area contributed by atoms with Gasteiger partial charge in [0, 0.05) is 5.08 Å². The van der Waals surface area contributed by atoms with E-state index in [0.717, 1.165) is 10.2 Å². The summed E-state index contributed by atoms with van der Waals surface area (Å²) in [5.74, 6) is 0. The van der Waals surface area contributed by atoms with Gasteiger partial charge in [0.2, 0.25) is 0 Å². The van der Waals surface area contributed by atoms with Crippen LogP contribution >= 0.6 is 46.0 Å². The summed E-state index contributed by atoms with van der Waals surface area (Å²) < 4.78 is 0. The lowest BCUT2D eigenvalue weighted by Gasteiger charge is -1.84. The van der Waals surface area contributed by atoms with E-state index in [9.17, 15) is 0 Å². The molecule has 0 aromatic rings. The normalized spacial score (nSPS) is 9.00. The van der Waals surface area contributed by atoms with E-state index in [2.05, 4.69) is 12.6 Å². The lowest BCUT2D eigenvalue weighted by atomic mass is 11.9. The van der Waals surface area contributed by atoms with Gasteiger partial charge >= 0.3 is 0 Å². The summed E-state index contributed by atoms with van der Waals surface area (Å²) in [6, 6.07) is 0. The summed E-state index contributed by atoms with van der Waals surface area (Å²) in [7, 11) is 6.55. The first kappa shape index (κ1) is 7.34. The van der Waals surface area contributed by atoms with Crippen LogP contribution in [0.1, 0.15) is 0 Å². The molecule has 0 rings (SSSR count).